The summed E-state index contributed by atoms with van der Waals surface area (Å²) in [4.78, 5) is 132. The van der Waals surface area contributed by atoms with Crippen LogP contribution in [0.4, 0.5) is 5.69 Å². The lowest BCUT2D eigenvalue weighted by atomic mass is 9.86. The van der Waals surface area contributed by atoms with Crippen molar-refractivity contribution in [2.24, 2.45) is 0 Å². The lowest BCUT2D eigenvalue weighted by Gasteiger charge is -2.33. The number of carboxylic acid groups (broad SMARTS) is 1. The van der Waals surface area contributed by atoms with Crippen molar-refractivity contribution in [1.82, 2.24) is 31.5 Å². The first kappa shape index (κ1) is 64.5. The lowest BCUT2D eigenvalue weighted by molar-refractivity contribution is -0.145. The number of carbonyl (C=O) groups excluding carboxylic acids is 8. The van der Waals surface area contributed by atoms with E-state index < -0.39 is 166 Å². The van der Waals surface area contributed by atoms with E-state index in [2.05, 4.69) is 31.9 Å². The molecular weight excluding hydrogens is 1320 g/mol. The smallest absolute Gasteiger partial charge is 0.330 e. The normalized spacial score (nSPS) is 20.2. The van der Waals surface area contributed by atoms with Crippen LogP contribution in [0.1, 0.15) is 74.3 Å². The van der Waals surface area contributed by atoms with Gasteiger partial charge in [-0.05, 0) is 118 Å². The van der Waals surface area contributed by atoms with Gasteiger partial charge in [0, 0.05) is 42.3 Å². The summed E-state index contributed by atoms with van der Waals surface area (Å²) in [5.41, 5.74) is -4.52. The largest absolute Gasteiger partial charge is 0.508 e. The van der Waals surface area contributed by atoms with Crippen molar-refractivity contribution in [3.8, 4) is 51.4 Å². The molecule has 0 spiro atoms. The summed E-state index contributed by atoms with van der Waals surface area (Å²) >= 11 is 37.9. The monoisotopic (exact) mass is 1360 g/mol. The fraction of sp³-hybridized carbons (Fsp3) is 0.164. The summed E-state index contributed by atoms with van der Waals surface area (Å²) in [5.74, 6) is -15.4. The van der Waals surface area contributed by atoms with Gasteiger partial charge in [-0.1, -0.05) is 99.9 Å². The number of aromatic hydroxyl groups is 5. The van der Waals surface area contributed by atoms with E-state index in [0.717, 1.165) is 54.4 Å². The second kappa shape index (κ2) is 25.4. The molecule has 0 aromatic heterocycles. The van der Waals surface area contributed by atoms with Crippen molar-refractivity contribution < 1.29 is 83.6 Å². The summed E-state index contributed by atoms with van der Waals surface area (Å²) in [5, 5.41) is 88.8. The van der Waals surface area contributed by atoms with Crippen LogP contribution in [0.15, 0.2) is 115 Å². The molecule has 0 radical (unpaired) electrons. The second-order valence-electron chi connectivity index (χ2n) is 21.1. The first-order valence-electron chi connectivity index (χ1n) is 26.7. The molecule has 7 aromatic rings. The van der Waals surface area contributed by atoms with Crippen molar-refractivity contribution in [3.05, 3.63) is 184 Å². The summed E-state index contributed by atoms with van der Waals surface area (Å²) < 4.78 is 6.33. The number of anilines is 1. The minimum absolute atomic E-state index is 0.0137. The zero-order valence-corrected chi connectivity index (χ0v) is 50.8. The number of rotatable bonds is 9. The number of phenolic OH excluding ortho intramolecular Hbond substituents is 5. The number of carboxylic acids is 1. The quantitative estimate of drug-likeness (QED) is 0.0486. The van der Waals surface area contributed by atoms with Crippen LogP contribution in [0.5, 0.6) is 40.2 Å². The maximum Gasteiger partial charge on any atom is 0.330 e. The molecule has 7 atom stereocenters. The maximum atomic E-state index is 15.8. The molecule has 7 unspecified atom stereocenters. The van der Waals surface area contributed by atoms with Gasteiger partial charge < -0.3 is 77.3 Å². The number of nitrogens with zero attached hydrogens (tertiary/aromatic N) is 1. The maximum absolute atomic E-state index is 15.8. The number of aliphatic hydroxyl groups is 1. The van der Waals surface area contributed by atoms with Crippen molar-refractivity contribution in [3.63, 3.8) is 0 Å². The molecule has 0 saturated carbocycles. The van der Waals surface area contributed by atoms with Crippen molar-refractivity contribution in [1.29, 1.82) is 0 Å². The number of nitrogens with one attached hydrogen (secondary N) is 6. The summed E-state index contributed by atoms with van der Waals surface area (Å²) in [6.45, 7) is 0. The number of likely N-dealkylation sites (N-methyl/N-ethyl adjacent to an activating group) is 1. The lowest BCUT2D eigenvalue weighted by Crippen LogP contribution is -2.55. The van der Waals surface area contributed by atoms with Gasteiger partial charge in [0.25, 0.3) is 11.8 Å². The van der Waals surface area contributed by atoms with Crippen LogP contribution in [-0.4, -0.2) is 113 Å². The van der Waals surface area contributed by atoms with Gasteiger partial charge in [-0.2, -0.15) is 0 Å². The predicted molar refractivity (Wildman–Crippen MR) is 327 cm³/mol. The molecule has 0 fully saturated rings. The predicted octanol–water partition coefficient (Wildman–Crippen LogP) is 7.70. The molecular formula is C61H45Cl6N7O17. The molecule has 11 rings (SSSR count). The van der Waals surface area contributed by atoms with Crippen LogP contribution in [0.25, 0.3) is 11.1 Å². The van der Waals surface area contributed by atoms with Crippen LogP contribution in [0.3, 0.4) is 0 Å². The molecule has 30 heteroatoms. The molecule has 7 aromatic carbocycles. The average Bonchev–Trinajstić information content (AvgIpc) is 1.65. The standard InChI is InChI=1S/C61H45Cl6N7O17/c1-74-42(54(82)73-47(59(87)88)24-4-7-30(75)8-5-24)12-23-2-9-31(10-3-23)91-43-21-26-13-32(49(43)77)25-6-11-40-33(14-25)61(90,60(89)69-40)22-41(68-57(85)48(76)29-19-38(66)52(80)39(67)20-29)53(81)70-45(27-15-34(62)50(78)35(63)16-27)55(83)71-44(26)56(84)72-46(58(74)86)28-17-36(64)51(79)37(65)18-28/h2-11,13-21,41-42,44-47,75,77-80,90H,12,22H2,1H3,(H,68,85)(H,69,89)(H,70,81)(H,71,83)(H,72,84)(H,73,82)(H,87,88). The summed E-state index contributed by atoms with van der Waals surface area (Å²) in [7, 11) is 1.16. The van der Waals surface area contributed by atoms with Gasteiger partial charge in [0.15, 0.2) is 40.4 Å². The molecule has 0 saturated heterocycles. The Kier molecular flexibility index (Phi) is 18.0. The van der Waals surface area contributed by atoms with Crippen LogP contribution in [0.2, 0.25) is 30.1 Å². The summed E-state index contributed by atoms with van der Waals surface area (Å²) in [6.07, 6.45) is -1.50. The van der Waals surface area contributed by atoms with E-state index in [1.54, 1.807) is 0 Å². The Bertz CT molecular complexity index is 4200. The fourth-order valence-corrected chi connectivity index (χ4v) is 11.9. The van der Waals surface area contributed by atoms with Gasteiger partial charge in [0.1, 0.15) is 41.7 Å². The topological polar surface area (TPSA) is 380 Å². The Labute approximate surface area is 543 Å². The molecule has 91 heavy (non-hydrogen) atoms. The fourth-order valence-electron chi connectivity index (χ4n) is 10.4. The Balaban J connectivity index is 1.17. The molecule has 7 amide bonds. The van der Waals surface area contributed by atoms with Crippen molar-refractivity contribution in [2.45, 2.75) is 54.7 Å². The van der Waals surface area contributed by atoms with Gasteiger partial charge in [0.2, 0.25) is 35.3 Å². The third kappa shape index (κ3) is 12.8. The molecule has 0 aliphatic carbocycles. The summed E-state index contributed by atoms with van der Waals surface area (Å²) in [6, 6.07) is 10.6. The van der Waals surface area contributed by atoms with E-state index in [-0.39, 0.29) is 62.6 Å². The number of fused-ring (bicyclic) bond motifs is 11. The van der Waals surface area contributed by atoms with E-state index >= 15 is 19.2 Å². The highest BCUT2D eigenvalue weighted by Gasteiger charge is 2.50. The number of halogens is 6. The molecule has 24 nitrogen and oxygen atoms in total. The van der Waals surface area contributed by atoms with Gasteiger partial charge in [-0.15, -0.1) is 0 Å². The molecule has 13 N–H and O–H groups in total. The van der Waals surface area contributed by atoms with Crippen LogP contribution in [-0.2, 0) is 50.4 Å². The van der Waals surface area contributed by atoms with E-state index in [4.69, 9.17) is 74.3 Å². The third-order valence-electron chi connectivity index (χ3n) is 15.3. The first-order valence-corrected chi connectivity index (χ1v) is 29.0. The number of ether oxygens (including phenoxy) is 1. The highest BCUT2D eigenvalue weighted by molar-refractivity contribution is 6.45. The third-order valence-corrected chi connectivity index (χ3v) is 17.0. The molecule has 4 aliphatic rings. The molecule has 468 valence electrons. The number of aliphatic carboxylic acids is 1. The van der Waals surface area contributed by atoms with Crippen molar-refractivity contribution in [2.75, 3.05) is 12.4 Å². The molecule has 4 aliphatic heterocycles. The number of hydrogen-bond donors (Lipinski definition) is 13. The van der Waals surface area contributed by atoms with E-state index in [9.17, 15) is 59.7 Å². The number of phenols is 5. The number of hydrogen-bond acceptors (Lipinski definition) is 16. The van der Waals surface area contributed by atoms with Gasteiger partial charge in [0.05, 0.1) is 30.1 Å². The Morgan fingerprint density at radius 1 is 0.626 bits per heavy atom. The molecule has 7 bridgehead atoms. The van der Waals surface area contributed by atoms with Gasteiger partial charge in [-0.25, -0.2) is 4.79 Å². The zero-order chi connectivity index (χ0) is 65.8. The van der Waals surface area contributed by atoms with Crippen LogP contribution in [0, 0.1) is 0 Å². The molecule has 4 heterocycles. The SMILES string of the molecule is CN1C(=O)C(c2cc(Cl)c(O)c(Cl)c2)NC(=O)C2NC(=O)C(c3cc(Cl)c(O)c(Cl)c3)NC(=O)C(NC(=O)C(=O)c3cc(Cl)c(O)c(Cl)c3)CC3(O)C(=O)Nc4ccc(cc43)-c3cc2cc(c3O)Oc2ccc(cc2)CC1C(=O)NC(C(=O)O)c1ccc(O)cc1. The highest BCUT2D eigenvalue weighted by atomic mass is 35.5. The zero-order valence-electron chi connectivity index (χ0n) is 46.3. The minimum Gasteiger partial charge on any atom is -0.508 e. The van der Waals surface area contributed by atoms with Crippen LogP contribution >= 0.6 is 69.6 Å². The van der Waals surface area contributed by atoms with Crippen molar-refractivity contribution >= 4 is 128 Å². The average molecular weight is 1360 g/mol. The highest BCUT2D eigenvalue weighted by Crippen LogP contribution is 2.47. The van der Waals surface area contributed by atoms with Crippen LogP contribution < -0.4 is 36.6 Å². The first-order chi connectivity index (χ1) is 43.0. The number of carbonyl (C=O) groups is 9. The van der Waals surface area contributed by atoms with E-state index in [1.165, 1.54) is 72.8 Å². The van der Waals surface area contributed by atoms with E-state index in [0.29, 0.717) is 5.56 Å². The Morgan fingerprint density at radius 3 is 1.70 bits per heavy atom. The minimum atomic E-state index is -2.83. The second-order valence-corrected chi connectivity index (χ2v) is 23.6. The number of amides is 7. The number of Topliss-reactive ketones (excluding diaryl/α,β-unsaturated/α-hetero) is 1. The number of benzene rings is 7. The van der Waals surface area contributed by atoms with Gasteiger partial charge in [-0.3, -0.25) is 38.4 Å². The Hall–Kier alpha value is -9.53. The number of ketones is 1. The van der Waals surface area contributed by atoms with E-state index in [1.807, 2.05) is 0 Å². The van der Waals surface area contributed by atoms with Gasteiger partial charge >= 0.3 is 5.97 Å². The Morgan fingerprint density at radius 2 is 1.14 bits per heavy atom.